The summed E-state index contributed by atoms with van der Waals surface area (Å²) in [5, 5.41) is 12.4. The summed E-state index contributed by atoms with van der Waals surface area (Å²) >= 11 is 0. The van der Waals surface area contributed by atoms with Crippen molar-refractivity contribution < 1.29 is 14.0 Å². The highest BCUT2D eigenvalue weighted by Gasteiger charge is 2.23. The Bertz CT molecular complexity index is 1440. The first-order valence-electron chi connectivity index (χ1n) is 11.4. The molecular formula is C26H28FN7O2. The highest BCUT2D eigenvalue weighted by molar-refractivity contribution is 6.07. The minimum Gasteiger partial charge on any atom is -0.382 e. The predicted molar refractivity (Wildman–Crippen MR) is 138 cm³/mol. The number of hydrogen-bond donors (Lipinski definition) is 4. The van der Waals surface area contributed by atoms with Crippen molar-refractivity contribution in [1.82, 2.24) is 19.9 Å². The van der Waals surface area contributed by atoms with Crippen molar-refractivity contribution in [3.8, 4) is 11.1 Å². The molecule has 4 rings (SSSR count). The fourth-order valence-corrected chi connectivity index (χ4v) is 3.68. The molecule has 0 aliphatic rings. The molecule has 4 aromatic rings. The number of rotatable bonds is 5. The number of carbonyl (C=O) groups is 2. The van der Waals surface area contributed by atoms with E-state index in [1.165, 1.54) is 16.9 Å². The molecule has 0 aliphatic heterocycles. The minimum atomic E-state index is -0.582. The van der Waals surface area contributed by atoms with E-state index in [9.17, 15) is 14.0 Å². The van der Waals surface area contributed by atoms with Gasteiger partial charge in [-0.15, -0.1) is 0 Å². The van der Waals surface area contributed by atoms with Crippen LogP contribution in [-0.4, -0.2) is 33.1 Å². The number of anilines is 3. The van der Waals surface area contributed by atoms with E-state index < -0.39 is 11.8 Å². The number of nitrogens with one attached hydrogen (secondary N) is 3. The lowest BCUT2D eigenvalue weighted by Gasteiger charge is -2.18. The number of aryl methyl sites for hydroxylation is 1. The van der Waals surface area contributed by atoms with E-state index in [1.807, 2.05) is 27.7 Å². The first-order chi connectivity index (χ1) is 17.0. The van der Waals surface area contributed by atoms with Gasteiger partial charge in [-0.3, -0.25) is 4.79 Å². The second-order valence-electron chi connectivity index (χ2n) is 9.74. The quantitative estimate of drug-likeness (QED) is 0.319. The van der Waals surface area contributed by atoms with Crippen LogP contribution in [0.4, 0.5) is 26.4 Å². The lowest BCUT2D eigenvalue weighted by molar-refractivity contribution is 0.0940. The van der Waals surface area contributed by atoms with E-state index >= 15 is 0 Å². The Balaban J connectivity index is 1.61. The predicted octanol–water partition coefficient (Wildman–Crippen LogP) is 4.85. The van der Waals surface area contributed by atoms with Crippen LogP contribution in [0.2, 0.25) is 0 Å². The zero-order valence-corrected chi connectivity index (χ0v) is 20.5. The number of halogens is 1. The van der Waals surface area contributed by atoms with Gasteiger partial charge in [-0.05, 0) is 47.7 Å². The standard InChI is InChI=1S/C26H28FN7O2/c1-15-5-10-19(27)20(11-15)33-25(36)32-17-8-6-16(7-9-17)21-18(24(35)29-13-26(2,3)4)12-34-22(21)23(28)30-14-31-34/h5-12,14H,13H2,1-4H3,(H,29,35)(H2,28,30,31)(H2,32,33,36). The molecule has 10 heteroatoms. The van der Waals surface area contributed by atoms with Crippen LogP contribution in [-0.2, 0) is 0 Å². The fraction of sp³-hybridized carbons (Fsp3) is 0.231. The first-order valence-corrected chi connectivity index (χ1v) is 11.4. The van der Waals surface area contributed by atoms with Crippen molar-refractivity contribution in [1.29, 1.82) is 0 Å². The van der Waals surface area contributed by atoms with E-state index in [4.69, 9.17) is 5.73 Å². The second-order valence-corrected chi connectivity index (χ2v) is 9.74. The molecule has 0 bridgehead atoms. The van der Waals surface area contributed by atoms with Crippen LogP contribution in [0.1, 0.15) is 36.7 Å². The number of hydrogen-bond acceptors (Lipinski definition) is 5. The number of carbonyl (C=O) groups excluding carboxylic acids is 2. The lowest BCUT2D eigenvalue weighted by atomic mass is 9.96. The Kier molecular flexibility index (Phi) is 6.61. The smallest absolute Gasteiger partial charge is 0.323 e. The van der Waals surface area contributed by atoms with E-state index in [1.54, 1.807) is 42.6 Å². The van der Waals surface area contributed by atoms with Crippen molar-refractivity contribution in [3.63, 3.8) is 0 Å². The molecule has 0 atom stereocenters. The van der Waals surface area contributed by atoms with Gasteiger partial charge in [0.25, 0.3) is 5.91 Å². The molecule has 2 aromatic heterocycles. The minimum absolute atomic E-state index is 0.0887. The molecule has 0 radical (unpaired) electrons. The average Bonchev–Trinajstić information content (AvgIpc) is 3.21. The molecule has 186 valence electrons. The van der Waals surface area contributed by atoms with Crippen LogP contribution in [0, 0.1) is 18.2 Å². The van der Waals surface area contributed by atoms with Gasteiger partial charge >= 0.3 is 6.03 Å². The lowest BCUT2D eigenvalue weighted by Crippen LogP contribution is -2.32. The molecular weight excluding hydrogens is 461 g/mol. The third-order valence-electron chi connectivity index (χ3n) is 5.43. The van der Waals surface area contributed by atoms with Gasteiger partial charge in [0.2, 0.25) is 0 Å². The van der Waals surface area contributed by atoms with Crippen LogP contribution >= 0.6 is 0 Å². The summed E-state index contributed by atoms with van der Waals surface area (Å²) in [5.41, 5.74) is 9.62. The number of benzene rings is 2. The Morgan fingerprint density at radius 2 is 1.81 bits per heavy atom. The van der Waals surface area contributed by atoms with Gasteiger partial charge in [0.15, 0.2) is 5.82 Å². The normalized spacial score (nSPS) is 11.4. The average molecular weight is 490 g/mol. The molecule has 2 aromatic carbocycles. The molecule has 3 amide bonds. The SMILES string of the molecule is Cc1ccc(F)c(NC(=O)Nc2ccc(-c3c(C(=O)NCC(C)(C)C)cn4ncnc(N)c34)cc2)c1. The Morgan fingerprint density at radius 3 is 2.50 bits per heavy atom. The van der Waals surface area contributed by atoms with Crippen molar-refractivity contribution in [2.75, 3.05) is 22.9 Å². The van der Waals surface area contributed by atoms with Gasteiger partial charge in [-0.25, -0.2) is 18.7 Å². The fourth-order valence-electron chi connectivity index (χ4n) is 3.68. The largest absolute Gasteiger partial charge is 0.382 e. The van der Waals surface area contributed by atoms with Crippen LogP contribution in [0.15, 0.2) is 55.0 Å². The number of fused-ring (bicyclic) bond motifs is 1. The monoisotopic (exact) mass is 489 g/mol. The number of nitrogen functional groups attached to an aromatic ring is 1. The summed E-state index contributed by atoms with van der Waals surface area (Å²) in [7, 11) is 0. The molecule has 0 fully saturated rings. The Labute approximate surface area is 207 Å². The van der Waals surface area contributed by atoms with Crippen molar-refractivity contribution in [2.24, 2.45) is 5.41 Å². The molecule has 5 N–H and O–H groups in total. The summed E-state index contributed by atoms with van der Waals surface area (Å²) in [6.07, 6.45) is 2.95. The number of amides is 3. The van der Waals surface area contributed by atoms with Crippen molar-refractivity contribution in [2.45, 2.75) is 27.7 Å². The molecule has 0 spiro atoms. The van der Waals surface area contributed by atoms with Crippen LogP contribution in [0.25, 0.3) is 16.6 Å². The number of aromatic nitrogens is 3. The van der Waals surface area contributed by atoms with Crippen LogP contribution < -0.4 is 21.7 Å². The van der Waals surface area contributed by atoms with Crippen molar-refractivity contribution in [3.05, 3.63) is 71.9 Å². The molecule has 0 unspecified atom stereocenters. The molecule has 0 saturated heterocycles. The number of nitrogens with two attached hydrogens (primary N) is 1. The van der Waals surface area contributed by atoms with Gasteiger partial charge < -0.3 is 21.7 Å². The van der Waals surface area contributed by atoms with E-state index in [0.29, 0.717) is 34.4 Å². The summed E-state index contributed by atoms with van der Waals surface area (Å²) in [4.78, 5) is 29.6. The highest BCUT2D eigenvalue weighted by atomic mass is 19.1. The maximum atomic E-state index is 14.0. The molecule has 36 heavy (non-hydrogen) atoms. The van der Waals surface area contributed by atoms with Gasteiger partial charge in [-0.2, -0.15) is 5.10 Å². The zero-order valence-electron chi connectivity index (χ0n) is 20.5. The third kappa shape index (κ3) is 5.43. The maximum Gasteiger partial charge on any atom is 0.323 e. The topological polar surface area (TPSA) is 126 Å². The van der Waals surface area contributed by atoms with Gasteiger partial charge in [-0.1, -0.05) is 39.0 Å². The summed E-state index contributed by atoms with van der Waals surface area (Å²) < 4.78 is 15.5. The molecule has 9 nitrogen and oxygen atoms in total. The molecule has 0 aliphatic carbocycles. The van der Waals surface area contributed by atoms with Gasteiger partial charge in [0.05, 0.1) is 11.3 Å². The van der Waals surface area contributed by atoms with E-state index in [2.05, 4.69) is 26.0 Å². The van der Waals surface area contributed by atoms with Gasteiger partial charge in [0.1, 0.15) is 17.7 Å². The molecule has 2 heterocycles. The first kappa shape index (κ1) is 24.6. The molecule has 0 saturated carbocycles. The van der Waals surface area contributed by atoms with E-state index in [-0.39, 0.29) is 22.8 Å². The number of nitrogens with zero attached hydrogens (tertiary/aromatic N) is 3. The number of urea groups is 1. The van der Waals surface area contributed by atoms with Gasteiger partial charge in [0, 0.05) is 24.0 Å². The Hall–Kier alpha value is -4.47. The maximum absolute atomic E-state index is 14.0. The second kappa shape index (κ2) is 9.65. The van der Waals surface area contributed by atoms with Crippen LogP contribution in [0.5, 0.6) is 0 Å². The highest BCUT2D eigenvalue weighted by Crippen LogP contribution is 2.33. The summed E-state index contributed by atoms with van der Waals surface area (Å²) in [6.45, 7) is 8.38. The third-order valence-corrected chi connectivity index (χ3v) is 5.43. The zero-order chi connectivity index (χ0) is 26.0. The van der Waals surface area contributed by atoms with Crippen LogP contribution in [0.3, 0.4) is 0 Å². The summed E-state index contributed by atoms with van der Waals surface area (Å²) in [6, 6.07) is 10.8. The summed E-state index contributed by atoms with van der Waals surface area (Å²) in [5.74, 6) is -0.549. The Morgan fingerprint density at radius 1 is 1.08 bits per heavy atom. The van der Waals surface area contributed by atoms with Crippen molar-refractivity contribution >= 4 is 34.6 Å². The van der Waals surface area contributed by atoms with E-state index in [0.717, 1.165) is 5.56 Å².